The van der Waals surface area contributed by atoms with E-state index in [1.807, 2.05) is 30.3 Å². The van der Waals surface area contributed by atoms with Gasteiger partial charge in [0.05, 0.1) is 6.54 Å². The van der Waals surface area contributed by atoms with E-state index in [0.717, 1.165) is 29.8 Å². The molecule has 1 aromatic carbocycles. The van der Waals surface area contributed by atoms with Gasteiger partial charge in [0.15, 0.2) is 5.96 Å². The molecule has 6 nitrogen and oxygen atoms in total. The van der Waals surface area contributed by atoms with Crippen LogP contribution in [0.4, 0.5) is 0 Å². The number of likely N-dealkylation sites (tertiary alicyclic amines) is 1. The molecule has 2 aliphatic rings. The van der Waals surface area contributed by atoms with Crippen molar-refractivity contribution in [1.82, 2.24) is 20.5 Å². The Hall–Kier alpha value is -1.61. The van der Waals surface area contributed by atoms with Gasteiger partial charge in [0.25, 0.3) is 0 Å². The van der Waals surface area contributed by atoms with Crippen molar-refractivity contribution in [1.29, 1.82) is 0 Å². The molecule has 0 atom stereocenters. The summed E-state index contributed by atoms with van der Waals surface area (Å²) in [7, 11) is 0. The number of oxazole rings is 1. The normalized spacial score (nSPS) is 18.9. The topological polar surface area (TPSA) is 65.7 Å². The molecular formula is C23H34IN5O. The first kappa shape index (κ1) is 23.1. The van der Waals surface area contributed by atoms with E-state index < -0.39 is 0 Å². The lowest BCUT2D eigenvalue weighted by Gasteiger charge is -2.36. The number of piperidine rings is 1. The van der Waals surface area contributed by atoms with E-state index in [4.69, 9.17) is 9.41 Å². The molecule has 2 heterocycles. The molecular weight excluding hydrogens is 489 g/mol. The zero-order chi connectivity index (χ0) is 19.9. The van der Waals surface area contributed by atoms with Crippen molar-refractivity contribution in [3.63, 3.8) is 0 Å². The molecule has 1 saturated carbocycles. The molecule has 0 radical (unpaired) electrons. The van der Waals surface area contributed by atoms with Crippen molar-refractivity contribution in [2.75, 3.05) is 19.6 Å². The standard InChI is InChI=1S/C23H33N5O.HI/c1-2-24-23(27-19-12-14-28(15-13-19)21-10-6-7-11-21)25-16-20-17-29-22(26-20)18-8-4-3-5-9-18;/h3-5,8-9,17,19,21H,2,6-7,10-16H2,1H3,(H2,24,25,27);1H. The summed E-state index contributed by atoms with van der Waals surface area (Å²) < 4.78 is 5.63. The Kier molecular flexibility index (Phi) is 8.99. The molecule has 164 valence electrons. The summed E-state index contributed by atoms with van der Waals surface area (Å²) in [5.74, 6) is 1.52. The van der Waals surface area contributed by atoms with Crippen molar-refractivity contribution in [3.05, 3.63) is 42.3 Å². The number of aromatic nitrogens is 1. The van der Waals surface area contributed by atoms with Crippen LogP contribution in [-0.2, 0) is 6.54 Å². The van der Waals surface area contributed by atoms with E-state index in [1.165, 1.54) is 51.6 Å². The van der Waals surface area contributed by atoms with Gasteiger partial charge in [-0.3, -0.25) is 0 Å². The van der Waals surface area contributed by atoms with Gasteiger partial charge in [-0.1, -0.05) is 31.0 Å². The van der Waals surface area contributed by atoms with Crippen LogP contribution in [0.1, 0.15) is 51.1 Å². The van der Waals surface area contributed by atoms with Gasteiger partial charge in [0.1, 0.15) is 12.0 Å². The highest BCUT2D eigenvalue weighted by Gasteiger charge is 2.27. The van der Waals surface area contributed by atoms with Gasteiger partial charge in [-0.15, -0.1) is 24.0 Å². The van der Waals surface area contributed by atoms with Gasteiger partial charge in [-0.2, -0.15) is 0 Å². The Morgan fingerprint density at radius 3 is 2.57 bits per heavy atom. The predicted octanol–water partition coefficient (Wildman–Crippen LogP) is 4.42. The summed E-state index contributed by atoms with van der Waals surface area (Å²) in [6, 6.07) is 11.3. The fraction of sp³-hybridized carbons (Fsp3) is 0.565. The molecule has 2 aromatic rings. The van der Waals surface area contributed by atoms with Crippen LogP contribution in [0.5, 0.6) is 0 Å². The third-order valence-corrected chi connectivity index (χ3v) is 6.03. The van der Waals surface area contributed by atoms with E-state index in [9.17, 15) is 0 Å². The number of nitrogens with zero attached hydrogens (tertiary/aromatic N) is 3. The predicted molar refractivity (Wildman–Crippen MR) is 132 cm³/mol. The van der Waals surface area contributed by atoms with Crippen LogP contribution >= 0.6 is 24.0 Å². The number of benzene rings is 1. The summed E-state index contributed by atoms with van der Waals surface area (Å²) in [5, 5.41) is 7.00. The summed E-state index contributed by atoms with van der Waals surface area (Å²) in [4.78, 5) is 12.0. The zero-order valence-electron chi connectivity index (χ0n) is 17.8. The Morgan fingerprint density at radius 1 is 1.13 bits per heavy atom. The first-order valence-electron chi connectivity index (χ1n) is 11.1. The number of halogens is 1. The van der Waals surface area contributed by atoms with Crippen LogP contribution in [0, 0.1) is 0 Å². The molecule has 0 spiro atoms. The van der Waals surface area contributed by atoms with Crippen molar-refractivity contribution in [2.24, 2.45) is 4.99 Å². The SMILES string of the molecule is CCNC(=NCc1coc(-c2ccccc2)n1)NC1CCN(C2CCCC2)CC1.I. The maximum Gasteiger partial charge on any atom is 0.226 e. The molecule has 1 saturated heterocycles. The summed E-state index contributed by atoms with van der Waals surface area (Å²) in [6.07, 6.45) is 9.68. The molecule has 0 unspecified atom stereocenters. The number of hydrogen-bond donors (Lipinski definition) is 2. The van der Waals surface area contributed by atoms with E-state index >= 15 is 0 Å². The van der Waals surface area contributed by atoms with Gasteiger partial charge in [0, 0.05) is 37.3 Å². The van der Waals surface area contributed by atoms with Crippen molar-refractivity contribution < 1.29 is 4.42 Å². The number of nitrogens with one attached hydrogen (secondary N) is 2. The quantitative estimate of drug-likeness (QED) is 0.334. The summed E-state index contributed by atoms with van der Waals surface area (Å²) in [5.41, 5.74) is 1.83. The molecule has 0 amide bonds. The van der Waals surface area contributed by atoms with E-state index in [-0.39, 0.29) is 24.0 Å². The second kappa shape index (κ2) is 11.7. The minimum absolute atomic E-state index is 0. The van der Waals surface area contributed by atoms with E-state index in [2.05, 4.69) is 27.4 Å². The molecule has 30 heavy (non-hydrogen) atoms. The Labute approximate surface area is 196 Å². The average molecular weight is 523 g/mol. The van der Waals surface area contributed by atoms with Gasteiger partial charge in [0.2, 0.25) is 5.89 Å². The maximum atomic E-state index is 5.63. The van der Waals surface area contributed by atoms with Crippen LogP contribution in [-0.4, -0.2) is 47.6 Å². The lowest BCUT2D eigenvalue weighted by atomic mass is 10.0. The minimum Gasteiger partial charge on any atom is -0.444 e. The fourth-order valence-electron chi connectivity index (χ4n) is 4.44. The summed E-state index contributed by atoms with van der Waals surface area (Å²) >= 11 is 0. The van der Waals surface area contributed by atoms with Crippen molar-refractivity contribution in [3.8, 4) is 11.5 Å². The molecule has 2 N–H and O–H groups in total. The van der Waals surface area contributed by atoms with Crippen molar-refractivity contribution >= 4 is 29.9 Å². The van der Waals surface area contributed by atoms with E-state index in [1.54, 1.807) is 6.26 Å². The second-order valence-electron chi connectivity index (χ2n) is 8.10. The third kappa shape index (κ3) is 6.20. The van der Waals surface area contributed by atoms with Gasteiger partial charge in [-0.05, 0) is 44.7 Å². The molecule has 1 aliphatic carbocycles. The van der Waals surface area contributed by atoms with Crippen molar-refractivity contribution in [2.45, 2.75) is 64.1 Å². The summed E-state index contributed by atoms with van der Waals surface area (Å²) in [6.45, 7) is 5.86. The van der Waals surface area contributed by atoms with Gasteiger partial charge >= 0.3 is 0 Å². The Morgan fingerprint density at radius 2 is 1.87 bits per heavy atom. The number of hydrogen-bond acceptors (Lipinski definition) is 4. The minimum atomic E-state index is 0. The molecule has 0 bridgehead atoms. The lowest BCUT2D eigenvalue weighted by molar-refractivity contribution is 0.150. The smallest absolute Gasteiger partial charge is 0.226 e. The largest absolute Gasteiger partial charge is 0.444 e. The zero-order valence-corrected chi connectivity index (χ0v) is 20.2. The van der Waals surface area contributed by atoms with Crippen LogP contribution in [0.2, 0.25) is 0 Å². The Bertz CT molecular complexity index is 780. The average Bonchev–Trinajstić information content (AvgIpc) is 3.46. The van der Waals surface area contributed by atoms with Gasteiger partial charge in [-0.25, -0.2) is 9.98 Å². The second-order valence-corrected chi connectivity index (χ2v) is 8.10. The highest BCUT2D eigenvalue weighted by molar-refractivity contribution is 14.0. The highest BCUT2D eigenvalue weighted by Crippen LogP contribution is 2.26. The van der Waals surface area contributed by atoms with Crippen LogP contribution in [0.3, 0.4) is 0 Å². The van der Waals surface area contributed by atoms with Crippen LogP contribution < -0.4 is 10.6 Å². The molecule has 7 heteroatoms. The first-order valence-corrected chi connectivity index (χ1v) is 11.1. The monoisotopic (exact) mass is 523 g/mol. The molecule has 1 aliphatic heterocycles. The first-order chi connectivity index (χ1) is 14.3. The number of rotatable bonds is 6. The van der Waals surface area contributed by atoms with Gasteiger partial charge < -0.3 is 20.0 Å². The molecule has 2 fully saturated rings. The Balaban J connectivity index is 0.00000256. The van der Waals surface area contributed by atoms with E-state index in [0.29, 0.717) is 18.5 Å². The number of aliphatic imine (C=N–C) groups is 1. The molecule has 1 aromatic heterocycles. The third-order valence-electron chi connectivity index (χ3n) is 6.03. The van der Waals surface area contributed by atoms with Crippen LogP contribution in [0.15, 0.2) is 46.0 Å². The van der Waals surface area contributed by atoms with Crippen LogP contribution in [0.25, 0.3) is 11.5 Å². The highest BCUT2D eigenvalue weighted by atomic mass is 127. The fourth-order valence-corrected chi connectivity index (χ4v) is 4.44. The molecule has 4 rings (SSSR count). The lowest BCUT2D eigenvalue weighted by Crippen LogP contribution is -2.50. The number of guanidine groups is 1. The maximum absolute atomic E-state index is 5.63.